The first-order chi connectivity index (χ1) is 18.6. The van der Waals surface area contributed by atoms with Crippen molar-refractivity contribution in [2.75, 3.05) is 6.54 Å². The highest BCUT2D eigenvalue weighted by atomic mass is 16.4. The number of carbonyl (C=O) groups is 4. The molecule has 0 saturated carbocycles. The quantitative estimate of drug-likeness (QED) is 0.220. The zero-order valence-corrected chi connectivity index (χ0v) is 22.4. The molecule has 1 unspecified atom stereocenters. The molecule has 3 aromatic rings. The SMILES string of the molecule is CCC(CC)NC(=O)c1cc(-c2cccc(-c3ncc(C(=O)NC(CC(C)C)C(=O)NCC(=O)O)o3)c2)n[nH]1. The van der Waals surface area contributed by atoms with Gasteiger partial charge in [0.25, 0.3) is 11.8 Å². The number of carbonyl (C=O) groups excluding carboxylic acids is 3. The van der Waals surface area contributed by atoms with Crippen LogP contribution < -0.4 is 16.0 Å². The summed E-state index contributed by atoms with van der Waals surface area (Å²) in [4.78, 5) is 52.7. The maximum atomic E-state index is 12.8. The summed E-state index contributed by atoms with van der Waals surface area (Å²) >= 11 is 0. The molecule has 0 bridgehead atoms. The first kappa shape index (κ1) is 29.1. The molecule has 0 aliphatic carbocycles. The molecule has 5 N–H and O–H groups in total. The largest absolute Gasteiger partial charge is 0.480 e. The Kier molecular flexibility index (Phi) is 9.96. The van der Waals surface area contributed by atoms with Crippen LogP contribution in [0.2, 0.25) is 0 Å². The van der Waals surface area contributed by atoms with Gasteiger partial charge in [0, 0.05) is 17.2 Å². The average Bonchev–Trinajstić information content (AvgIpc) is 3.60. The molecule has 0 aliphatic heterocycles. The predicted octanol–water partition coefficient (Wildman–Crippen LogP) is 3.00. The van der Waals surface area contributed by atoms with Crippen molar-refractivity contribution < 1.29 is 28.7 Å². The molecule has 0 spiro atoms. The Balaban J connectivity index is 1.73. The van der Waals surface area contributed by atoms with Gasteiger partial charge in [0.1, 0.15) is 18.3 Å². The summed E-state index contributed by atoms with van der Waals surface area (Å²) in [5, 5.41) is 23.7. The van der Waals surface area contributed by atoms with Crippen LogP contribution in [0.1, 0.15) is 68.0 Å². The van der Waals surface area contributed by atoms with Crippen LogP contribution in [-0.4, -0.2) is 62.6 Å². The Labute approximate surface area is 226 Å². The van der Waals surface area contributed by atoms with E-state index in [4.69, 9.17) is 9.52 Å². The number of amides is 3. The normalized spacial score (nSPS) is 11.8. The van der Waals surface area contributed by atoms with Crippen molar-refractivity contribution >= 4 is 23.7 Å². The molecular weight excluding hydrogens is 504 g/mol. The summed E-state index contributed by atoms with van der Waals surface area (Å²) in [5.74, 6) is -2.52. The summed E-state index contributed by atoms with van der Waals surface area (Å²) in [6.07, 6.45) is 3.23. The van der Waals surface area contributed by atoms with E-state index in [9.17, 15) is 19.2 Å². The summed E-state index contributed by atoms with van der Waals surface area (Å²) in [6, 6.07) is 7.94. The number of rotatable bonds is 13. The van der Waals surface area contributed by atoms with Crippen LogP contribution in [0.25, 0.3) is 22.7 Å². The molecule has 0 aliphatic rings. The molecule has 39 heavy (non-hydrogen) atoms. The van der Waals surface area contributed by atoms with Gasteiger partial charge in [-0.2, -0.15) is 5.10 Å². The number of carboxylic acid groups (broad SMARTS) is 1. The number of nitrogens with one attached hydrogen (secondary N) is 4. The fourth-order valence-electron chi connectivity index (χ4n) is 3.88. The summed E-state index contributed by atoms with van der Waals surface area (Å²) in [6.45, 7) is 7.24. The summed E-state index contributed by atoms with van der Waals surface area (Å²) in [7, 11) is 0. The number of hydrogen-bond acceptors (Lipinski definition) is 7. The zero-order chi connectivity index (χ0) is 28.5. The highest BCUT2D eigenvalue weighted by molar-refractivity contribution is 5.96. The van der Waals surface area contributed by atoms with Crippen LogP contribution in [0.15, 0.2) is 40.9 Å². The molecule has 0 radical (unpaired) electrons. The van der Waals surface area contributed by atoms with Gasteiger partial charge in [-0.3, -0.25) is 24.3 Å². The number of benzene rings is 1. The second-order valence-electron chi connectivity index (χ2n) is 9.53. The highest BCUT2D eigenvalue weighted by Crippen LogP contribution is 2.26. The van der Waals surface area contributed by atoms with Crippen LogP contribution >= 0.6 is 0 Å². The van der Waals surface area contributed by atoms with Gasteiger partial charge in [0.2, 0.25) is 17.6 Å². The van der Waals surface area contributed by atoms with E-state index < -0.39 is 30.4 Å². The standard InChI is InChI=1S/C27H34N6O6/c1-5-18(6-2)30-25(37)21-12-19(32-33-21)16-8-7-9-17(11-16)27-29-13-22(39-27)26(38)31-20(10-15(3)4)24(36)28-14-23(34)35/h7-9,11-13,15,18,20H,5-6,10,14H2,1-4H3,(H,28,36)(H,30,37)(H,31,38)(H,32,33)(H,34,35). The predicted molar refractivity (Wildman–Crippen MR) is 143 cm³/mol. The molecule has 208 valence electrons. The lowest BCUT2D eigenvalue weighted by atomic mass is 10.0. The second kappa shape index (κ2) is 13.4. The number of nitrogens with zero attached hydrogens (tertiary/aromatic N) is 2. The van der Waals surface area contributed by atoms with E-state index in [1.807, 2.05) is 33.8 Å². The van der Waals surface area contributed by atoms with Gasteiger partial charge in [-0.15, -0.1) is 0 Å². The van der Waals surface area contributed by atoms with E-state index in [2.05, 4.69) is 31.1 Å². The van der Waals surface area contributed by atoms with Crippen LogP contribution in [-0.2, 0) is 9.59 Å². The lowest BCUT2D eigenvalue weighted by molar-refractivity contribution is -0.138. The zero-order valence-electron chi connectivity index (χ0n) is 22.4. The second-order valence-corrected chi connectivity index (χ2v) is 9.53. The maximum Gasteiger partial charge on any atom is 0.322 e. The molecular formula is C27H34N6O6. The van der Waals surface area contributed by atoms with E-state index in [0.717, 1.165) is 12.8 Å². The fourth-order valence-corrected chi connectivity index (χ4v) is 3.88. The number of oxazole rings is 1. The smallest absolute Gasteiger partial charge is 0.322 e. The number of H-pyrrole nitrogens is 1. The van der Waals surface area contributed by atoms with Gasteiger partial charge in [-0.05, 0) is 43.4 Å². The van der Waals surface area contributed by atoms with Gasteiger partial charge in [-0.1, -0.05) is 39.8 Å². The van der Waals surface area contributed by atoms with Gasteiger partial charge >= 0.3 is 5.97 Å². The van der Waals surface area contributed by atoms with Crippen LogP contribution in [0.3, 0.4) is 0 Å². The van der Waals surface area contributed by atoms with E-state index in [-0.39, 0.29) is 29.5 Å². The van der Waals surface area contributed by atoms with Crippen molar-refractivity contribution in [3.63, 3.8) is 0 Å². The van der Waals surface area contributed by atoms with Crippen LogP contribution in [0.4, 0.5) is 0 Å². The number of aliphatic carboxylic acids is 1. The van der Waals surface area contributed by atoms with Crippen molar-refractivity contribution in [2.24, 2.45) is 5.92 Å². The monoisotopic (exact) mass is 538 g/mol. The van der Waals surface area contributed by atoms with Gasteiger partial charge in [-0.25, -0.2) is 4.98 Å². The summed E-state index contributed by atoms with van der Waals surface area (Å²) < 4.78 is 5.68. The third kappa shape index (κ3) is 8.00. The van der Waals surface area contributed by atoms with E-state index >= 15 is 0 Å². The van der Waals surface area contributed by atoms with Crippen molar-refractivity contribution in [2.45, 2.75) is 59.0 Å². The van der Waals surface area contributed by atoms with E-state index in [0.29, 0.717) is 28.9 Å². The number of carboxylic acids is 1. The van der Waals surface area contributed by atoms with Crippen molar-refractivity contribution in [1.82, 2.24) is 31.1 Å². The Morgan fingerprint density at radius 2 is 1.74 bits per heavy atom. The first-order valence-electron chi connectivity index (χ1n) is 12.8. The third-order valence-electron chi connectivity index (χ3n) is 6.02. The van der Waals surface area contributed by atoms with Gasteiger partial charge in [0.15, 0.2) is 0 Å². The molecule has 2 heterocycles. The number of aromatic amines is 1. The van der Waals surface area contributed by atoms with E-state index in [1.54, 1.807) is 24.3 Å². The maximum absolute atomic E-state index is 12.8. The molecule has 12 nitrogen and oxygen atoms in total. The molecule has 0 saturated heterocycles. The Morgan fingerprint density at radius 1 is 1.03 bits per heavy atom. The first-order valence-corrected chi connectivity index (χ1v) is 12.8. The molecule has 2 aromatic heterocycles. The van der Waals surface area contributed by atoms with Crippen molar-refractivity contribution in [3.8, 4) is 22.7 Å². The number of hydrogen-bond donors (Lipinski definition) is 5. The minimum Gasteiger partial charge on any atom is -0.480 e. The minimum absolute atomic E-state index is 0.0623. The fraction of sp³-hybridized carbons (Fsp3) is 0.407. The molecule has 12 heteroatoms. The molecule has 1 atom stereocenters. The highest BCUT2D eigenvalue weighted by Gasteiger charge is 2.25. The lowest BCUT2D eigenvalue weighted by Gasteiger charge is -2.19. The van der Waals surface area contributed by atoms with E-state index in [1.165, 1.54) is 6.20 Å². The third-order valence-corrected chi connectivity index (χ3v) is 6.02. The molecule has 3 rings (SSSR count). The topological polar surface area (TPSA) is 179 Å². The molecule has 0 fully saturated rings. The molecule has 1 aromatic carbocycles. The Hall–Kier alpha value is -4.48. The Morgan fingerprint density at radius 3 is 2.41 bits per heavy atom. The van der Waals surface area contributed by atoms with Crippen molar-refractivity contribution in [1.29, 1.82) is 0 Å². The minimum atomic E-state index is -1.18. The van der Waals surface area contributed by atoms with Gasteiger partial charge < -0.3 is 25.5 Å². The average molecular weight is 539 g/mol. The van der Waals surface area contributed by atoms with Crippen LogP contribution in [0, 0.1) is 5.92 Å². The van der Waals surface area contributed by atoms with Crippen molar-refractivity contribution in [3.05, 3.63) is 48.0 Å². The summed E-state index contributed by atoms with van der Waals surface area (Å²) in [5.41, 5.74) is 2.19. The van der Waals surface area contributed by atoms with Crippen LogP contribution in [0.5, 0.6) is 0 Å². The Bertz CT molecular complexity index is 1310. The molecule has 3 amide bonds. The van der Waals surface area contributed by atoms with Gasteiger partial charge in [0.05, 0.1) is 11.9 Å². The lowest BCUT2D eigenvalue weighted by Crippen LogP contribution is -2.48. The number of aromatic nitrogens is 3.